The summed E-state index contributed by atoms with van der Waals surface area (Å²) in [6, 6.07) is 21.1. The maximum atomic E-state index is 12.5. The van der Waals surface area contributed by atoms with E-state index in [-0.39, 0.29) is 24.4 Å². The van der Waals surface area contributed by atoms with Crippen LogP contribution < -0.4 is 15.0 Å². The minimum Gasteiger partial charge on any atom is -0.508 e. The minimum absolute atomic E-state index is 0.146. The Bertz CT molecular complexity index is 1120. The molecule has 2 amide bonds. The maximum absolute atomic E-state index is 12.5. The van der Waals surface area contributed by atoms with Crippen LogP contribution >= 0.6 is 0 Å². The number of methoxy groups -OCH3 is 1. The quantitative estimate of drug-likeness (QED) is 0.537. The lowest BCUT2D eigenvalue weighted by Crippen LogP contribution is -2.48. The lowest BCUT2D eigenvalue weighted by atomic mass is 10.1. The first-order valence-electron chi connectivity index (χ1n) is 11.0. The van der Waals surface area contributed by atoms with Gasteiger partial charge >= 0.3 is 6.09 Å². The van der Waals surface area contributed by atoms with E-state index in [2.05, 4.69) is 10.2 Å². The second-order valence-corrected chi connectivity index (χ2v) is 7.93. The van der Waals surface area contributed by atoms with E-state index >= 15 is 0 Å². The molecule has 34 heavy (non-hydrogen) atoms. The van der Waals surface area contributed by atoms with Crippen molar-refractivity contribution in [3.05, 3.63) is 83.9 Å². The van der Waals surface area contributed by atoms with Crippen LogP contribution in [0, 0.1) is 0 Å². The zero-order chi connectivity index (χ0) is 23.9. The molecule has 0 saturated carbocycles. The average molecular weight is 462 g/mol. The Labute approximate surface area is 198 Å². The molecular formula is C26H27N3O5. The molecule has 3 aromatic carbocycles. The van der Waals surface area contributed by atoms with Gasteiger partial charge in [0.1, 0.15) is 18.1 Å². The zero-order valence-electron chi connectivity index (χ0n) is 18.9. The number of piperazine rings is 1. The van der Waals surface area contributed by atoms with Gasteiger partial charge in [-0.05, 0) is 66.2 Å². The molecule has 1 aliphatic heterocycles. The number of nitrogens with zero attached hydrogens (tertiary/aromatic N) is 2. The highest BCUT2D eigenvalue weighted by atomic mass is 16.6. The molecule has 0 aliphatic carbocycles. The Morgan fingerprint density at radius 3 is 2.32 bits per heavy atom. The number of carbonyl (C=O) groups is 2. The first-order valence-corrected chi connectivity index (χ1v) is 11.0. The number of carbonyl (C=O) groups excluding carboxylic acids is 2. The lowest BCUT2D eigenvalue weighted by molar-refractivity contribution is 0.0940. The largest absolute Gasteiger partial charge is 0.508 e. The van der Waals surface area contributed by atoms with Crippen LogP contribution in [-0.2, 0) is 11.3 Å². The van der Waals surface area contributed by atoms with Crippen molar-refractivity contribution in [2.24, 2.45) is 0 Å². The van der Waals surface area contributed by atoms with Crippen molar-refractivity contribution in [1.29, 1.82) is 0 Å². The average Bonchev–Trinajstić information content (AvgIpc) is 2.89. The summed E-state index contributed by atoms with van der Waals surface area (Å²) in [7, 11) is 1.60. The summed E-state index contributed by atoms with van der Waals surface area (Å²) in [5.74, 6) is 0.652. The summed E-state index contributed by atoms with van der Waals surface area (Å²) in [5.41, 5.74) is 3.02. The number of rotatable bonds is 6. The van der Waals surface area contributed by atoms with Crippen LogP contribution in [-0.4, -0.2) is 55.3 Å². The number of anilines is 2. The van der Waals surface area contributed by atoms with E-state index < -0.39 is 0 Å². The number of aromatic hydroxyl groups is 1. The molecule has 8 heteroatoms. The van der Waals surface area contributed by atoms with Gasteiger partial charge in [0, 0.05) is 43.1 Å². The van der Waals surface area contributed by atoms with Crippen molar-refractivity contribution >= 4 is 23.4 Å². The third-order valence-corrected chi connectivity index (χ3v) is 5.65. The fraction of sp³-hybridized carbons (Fsp3) is 0.231. The van der Waals surface area contributed by atoms with Crippen molar-refractivity contribution in [2.45, 2.75) is 6.61 Å². The highest BCUT2D eigenvalue weighted by molar-refractivity contribution is 6.04. The van der Waals surface area contributed by atoms with Crippen LogP contribution in [0.4, 0.5) is 16.2 Å². The monoisotopic (exact) mass is 461 g/mol. The van der Waals surface area contributed by atoms with Crippen LogP contribution in [0.2, 0.25) is 0 Å². The zero-order valence-corrected chi connectivity index (χ0v) is 18.9. The number of hydrogen-bond acceptors (Lipinski definition) is 6. The summed E-state index contributed by atoms with van der Waals surface area (Å²) >= 11 is 0. The highest BCUT2D eigenvalue weighted by Gasteiger charge is 2.22. The molecule has 0 aromatic heterocycles. The first-order chi connectivity index (χ1) is 16.5. The molecule has 1 fully saturated rings. The molecule has 1 aliphatic rings. The molecule has 2 N–H and O–H groups in total. The predicted molar refractivity (Wildman–Crippen MR) is 129 cm³/mol. The predicted octanol–water partition coefficient (Wildman–Crippen LogP) is 4.11. The third-order valence-electron chi connectivity index (χ3n) is 5.65. The fourth-order valence-electron chi connectivity index (χ4n) is 3.72. The van der Waals surface area contributed by atoms with Crippen LogP contribution in [0.5, 0.6) is 11.5 Å². The molecule has 0 atom stereocenters. The van der Waals surface area contributed by atoms with Crippen LogP contribution in [0.15, 0.2) is 72.8 Å². The van der Waals surface area contributed by atoms with Crippen molar-refractivity contribution in [3.63, 3.8) is 0 Å². The summed E-state index contributed by atoms with van der Waals surface area (Å²) < 4.78 is 10.7. The SMILES string of the molecule is COc1cccc(COC(=O)N2CCN(c3ccc(C(=O)Nc4ccc(O)cc4)cc3)CC2)c1. The molecule has 0 spiro atoms. The lowest BCUT2D eigenvalue weighted by Gasteiger charge is -2.35. The first kappa shape index (κ1) is 23.0. The van der Waals surface area contributed by atoms with Crippen molar-refractivity contribution in [3.8, 4) is 11.5 Å². The summed E-state index contributed by atoms with van der Waals surface area (Å²) in [6.07, 6.45) is -0.330. The number of amides is 2. The number of phenolic OH excluding ortho intramolecular Hbond substituents is 1. The van der Waals surface area contributed by atoms with Gasteiger partial charge in [-0.25, -0.2) is 4.79 Å². The Morgan fingerprint density at radius 1 is 0.941 bits per heavy atom. The Morgan fingerprint density at radius 2 is 1.65 bits per heavy atom. The van der Waals surface area contributed by atoms with Crippen LogP contribution in [0.25, 0.3) is 0 Å². The number of ether oxygens (including phenoxy) is 2. The van der Waals surface area contributed by atoms with Gasteiger partial charge in [-0.15, -0.1) is 0 Å². The normalized spacial score (nSPS) is 13.3. The van der Waals surface area contributed by atoms with Crippen molar-refractivity contribution < 1.29 is 24.2 Å². The molecule has 3 aromatic rings. The Hall–Kier alpha value is -4.20. The van der Waals surface area contributed by atoms with Crippen molar-refractivity contribution in [2.75, 3.05) is 43.5 Å². The van der Waals surface area contributed by atoms with Gasteiger partial charge in [-0.2, -0.15) is 0 Å². The molecule has 1 saturated heterocycles. The number of phenols is 1. The van der Waals surface area contributed by atoms with Gasteiger partial charge in [-0.3, -0.25) is 4.79 Å². The molecule has 4 rings (SSSR count). The smallest absolute Gasteiger partial charge is 0.410 e. The van der Waals surface area contributed by atoms with Gasteiger partial charge in [0.15, 0.2) is 0 Å². The molecule has 0 radical (unpaired) electrons. The maximum Gasteiger partial charge on any atom is 0.410 e. The van der Waals surface area contributed by atoms with Gasteiger partial charge in [0.2, 0.25) is 0 Å². The second-order valence-electron chi connectivity index (χ2n) is 7.93. The minimum atomic E-state index is -0.330. The molecule has 0 bridgehead atoms. The Balaban J connectivity index is 1.26. The molecular weight excluding hydrogens is 434 g/mol. The van der Waals surface area contributed by atoms with Gasteiger partial charge in [0.25, 0.3) is 5.91 Å². The summed E-state index contributed by atoms with van der Waals surface area (Å²) in [5, 5.41) is 12.2. The van der Waals surface area contributed by atoms with Crippen LogP contribution in [0.3, 0.4) is 0 Å². The Kier molecular flexibility index (Phi) is 7.17. The number of hydrogen-bond donors (Lipinski definition) is 2. The van der Waals surface area contributed by atoms with E-state index in [0.717, 1.165) is 17.0 Å². The van der Waals surface area contributed by atoms with Crippen molar-refractivity contribution in [1.82, 2.24) is 4.90 Å². The molecule has 8 nitrogen and oxygen atoms in total. The third kappa shape index (κ3) is 5.78. The van der Waals surface area contributed by atoms with E-state index in [4.69, 9.17) is 9.47 Å². The highest BCUT2D eigenvalue weighted by Crippen LogP contribution is 2.20. The van der Waals surface area contributed by atoms with E-state index in [1.165, 1.54) is 12.1 Å². The van der Waals surface area contributed by atoms with Crippen LogP contribution in [0.1, 0.15) is 15.9 Å². The molecule has 176 valence electrons. The summed E-state index contributed by atoms with van der Waals surface area (Å²) in [4.78, 5) is 28.8. The van der Waals surface area contributed by atoms with E-state index in [1.807, 2.05) is 36.4 Å². The topological polar surface area (TPSA) is 91.3 Å². The number of benzene rings is 3. The van der Waals surface area contributed by atoms with Gasteiger partial charge < -0.3 is 29.7 Å². The molecule has 0 unspecified atom stereocenters. The van der Waals surface area contributed by atoms with E-state index in [1.54, 1.807) is 36.3 Å². The van der Waals surface area contributed by atoms with E-state index in [9.17, 15) is 14.7 Å². The van der Waals surface area contributed by atoms with Gasteiger partial charge in [-0.1, -0.05) is 12.1 Å². The standard InChI is InChI=1S/C26H27N3O5/c1-33-24-4-2-3-19(17-24)18-34-26(32)29-15-13-28(14-16-29)22-9-5-20(6-10-22)25(31)27-21-7-11-23(30)12-8-21/h2-12,17,30H,13-16,18H2,1H3,(H,27,31). The fourth-order valence-corrected chi connectivity index (χ4v) is 3.72. The molecule has 1 heterocycles. The summed E-state index contributed by atoms with van der Waals surface area (Å²) in [6.45, 7) is 2.66. The van der Waals surface area contributed by atoms with Gasteiger partial charge in [0.05, 0.1) is 7.11 Å². The number of nitrogens with one attached hydrogen (secondary N) is 1. The second kappa shape index (κ2) is 10.6. The van der Waals surface area contributed by atoms with E-state index in [0.29, 0.717) is 37.4 Å².